The zero-order chi connectivity index (χ0) is 32.1. The number of rotatable bonds is 12. The fraction of sp³-hybridized carbons (Fsp3) is 0.148. The van der Waals surface area contributed by atoms with Crippen LogP contribution in [0.4, 0.5) is 17.1 Å². The Morgan fingerprint density at radius 2 is 1.59 bits per heavy atom. The molecule has 4 rings (SSSR count). The van der Waals surface area contributed by atoms with Gasteiger partial charge in [0.15, 0.2) is 5.75 Å². The number of carbonyl (C=O) groups excluding carboxylic acids is 1. The van der Waals surface area contributed by atoms with Crippen molar-refractivity contribution in [2.45, 2.75) is 21.6 Å². The van der Waals surface area contributed by atoms with Gasteiger partial charge in [-0.15, -0.1) is 14.6 Å². The van der Waals surface area contributed by atoms with Crippen LogP contribution in [0.25, 0.3) is 10.8 Å². The van der Waals surface area contributed by atoms with Crippen LogP contribution in [0.5, 0.6) is 5.75 Å². The summed E-state index contributed by atoms with van der Waals surface area (Å²) in [4.78, 5) is 16.9. The van der Waals surface area contributed by atoms with Gasteiger partial charge in [-0.05, 0) is 60.3 Å². The summed E-state index contributed by atoms with van der Waals surface area (Å²) in [6.45, 7) is 1.68. The van der Waals surface area contributed by atoms with Crippen LogP contribution in [0.2, 0.25) is 0 Å². The standard InChI is InChI=1S/C27H25N3O11S3/c1-16-10-11-20(23(12-16)44(35,36)39-4)29-30-25-22(42-41-40-37-2)14-18-13-19(43(33,34)38-3)15-21(24(18)26(25)31)28-27(32)17-8-6-5-7-9-17/h5-15,31H,1-4H3,(H,28,32). The molecule has 0 aliphatic heterocycles. The van der Waals surface area contributed by atoms with Crippen LogP contribution in [0, 0.1) is 6.92 Å². The van der Waals surface area contributed by atoms with Crippen LogP contribution in [0.3, 0.4) is 0 Å². The lowest BCUT2D eigenvalue weighted by molar-refractivity contribution is -0.447. The summed E-state index contributed by atoms with van der Waals surface area (Å²) < 4.78 is 64.6. The summed E-state index contributed by atoms with van der Waals surface area (Å²) in [6, 6.07) is 16.1. The van der Waals surface area contributed by atoms with E-state index < -0.39 is 31.9 Å². The van der Waals surface area contributed by atoms with Gasteiger partial charge in [0, 0.05) is 10.9 Å². The molecule has 0 aliphatic carbocycles. The van der Waals surface area contributed by atoms with Gasteiger partial charge in [-0.25, -0.2) is 4.89 Å². The van der Waals surface area contributed by atoms with Crippen molar-refractivity contribution < 1.29 is 49.4 Å². The fourth-order valence-electron chi connectivity index (χ4n) is 3.92. The van der Waals surface area contributed by atoms with E-state index in [0.717, 1.165) is 20.3 Å². The van der Waals surface area contributed by atoms with Gasteiger partial charge in [0.05, 0.1) is 48.9 Å². The molecule has 0 spiro atoms. The topological polar surface area (TPSA) is 188 Å². The Kier molecular flexibility index (Phi) is 10.3. The molecule has 0 atom stereocenters. The highest BCUT2D eigenvalue weighted by atomic mass is 32.2. The first kappa shape index (κ1) is 33.0. The highest BCUT2D eigenvalue weighted by Gasteiger charge is 2.24. The lowest BCUT2D eigenvalue weighted by Gasteiger charge is -2.15. The quantitative estimate of drug-likeness (QED) is 0.0470. The van der Waals surface area contributed by atoms with Crippen molar-refractivity contribution >= 4 is 66.0 Å². The molecule has 232 valence electrons. The summed E-state index contributed by atoms with van der Waals surface area (Å²) in [5.41, 5.74) is 0.394. The summed E-state index contributed by atoms with van der Waals surface area (Å²) in [6.07, 6.45) is 0. The van der Waals surface area contributed by atoms with Crippen molar-refractivity contribution in [3.63, 3.8) is 0 Å². The molecule has 0 heterocycles. The SMILES string of the molecule is COOOSc1cc2cc(S(=O)(=O)OC)cc(NC(=O)c3ccccc3)c2c(O)c1N=Nc1ccc(C)cc1S(=O)(=O)OC. The number of azo groups is 1. The third-order valence-corrected chi connectivity index (χ3v) is 9.17. The van der Waals surface area contributed by atoms with Crippen LogP contribution < -0.4 is 5.32 Å². The number of phenolic OH excluding ortho intramolecular Hbond substituents is 1. The Balaban J connectivity index is 1.97. The van der Waals surface area contributed by atoms with Gasteiger partial charge < -0.3 is 10.4 Å². The van der Waals surface area contributed by atoms with Crippen molar-refractivity contribution in [3.05, 3.63) is 77.9 Å². The Morgan fingerprint density at radius 3 is 2.25 bits per heavy atom. The molecular weight excluding hydrogens is 639 g/mol. The number of hydrogen-bond acceptors (Lipinski definition) is 14. The van der Waals surface area contributed by atoms with Crippen molar-refractivity contribution in [2.75, 3.05) is 26.6 Å². The molecule has 0 bridgehead atoms. The first-order chi connectivity index (χ1) is 20.9. The number of aryl methyl sites for hydroxylation is 1. The molecule has 44 heavy (non-hydrogen) atoms. The van der Waals surface area contributed by atoms with Crippen molar-refractivity contribution in [1.29, 1.82) is 0 Å². The number of nitrogens with zero attached hydrogens (tertiary/aromatic N) is 2. The summed E-state index contributed by atoms with van der Waals surface area (Å²) in [5, 5.41) is 26.9. The first-order valence-corrected chi connectivity index (χ1v) is 15.9. The first-order valence-electron chi connectivity index (χ1n) is 12.3. The second-order valence-corrected chi connectivity index (χ2v) is 12.9. The minimum absolute atomic E-state index is 0.0241. The van der Waals surface area contributed by atoms with Crippen molar-refractivity contribution in [2.24, 2.45) is 10.2 Å². The third-order valence-electron chi connectivity index (χ3n) is 6.00. The van der Waals surface area contributed by atoms with E-state index >= 15 is 0 Å². The van der Waals surface area contributed by atoms with E-state index in [2.05, 4.69) is 33.8 Å². The minimum Gasteiger partial charge on any atom is -0.505 e. The maximum absolute atomic E-state index is 13.1. The number of carbonyl (C=O) groups is 1. The molecule has 0 aromatic heterocycles. The van der Waals surface area contributed by atoms with Gasteiger partial charge in [-0.1, -0.05) is 29.3 Å². The molecule has 17 heteroatoms. The van der Waals surface area contributed by atoms with Gasteiger partial charge in [0.2, 0.25) is 0 Å². The molecule has 0 saturated heterocycles. The Labute approximate surface area is 256 Å². The number of amides is 1. The third kappa shape index (κ3) is 7.22. The Hall–Kier alpha value is -3.94. The van der Waals surface area contributed by atoms with Gasteiger partial charge >= 0.3 is 0 Å². The normalized spacial score (nSPS) is 12.2. The molecule has 0 radical (unpaired) electrons. The van der Waals surface area contributed by atoms with E-state index in [1.54, 1.807) is 43.3 Å². The molecule has 0 aliphatic rings. The van der Waals surface area contributed by atoms with E-state index in [4.69, 9.17) is 4.33 Å². The molecule has 1 amide bonds. The summed E-state index contributed by atoms with van der Waals surface area (Å²) >= 11 is 0.516. The number of nitrogens with one attached hydrogen (secondary N) is 1. The number of phenols is 1. The van der Waals surface area contributed by atoms with Gasteiger partial charge in [-0.3, -0.25) is 13.2 Å². The van der Waals surface area contributed by atoms with Crippen molar-refractivity contribution in [1.82, 2.24) is 0 Å². The molecule has 4 aromatic carbocycles. The zero-order valence-electron chi connectivity index (χ0n) is 23.5. The summed E-state index contributed by atoms with van der Waals surface area (Å²) in [5.74, 6) is -1.17. The Morgan fingerprint density at radius 1 is 0.886 bits per heavy atom. The second kappa shape index (κ2) is 13.8. The monoisotopic (exact) mass is 663 g/mol. The van der Waals surface area contributed by atoms with Gasteiger partial charge in [-0.2, -0.15) is 16.8 Å². The minimum atomic E-state index is -4.27. The lowest BCUT2D eigenvalue weighted by Crippen LogP contribution is -2.13. The largest absolute Gasteiger partial charge is 0.505 e. The fourth-order valence-corrected chi connectivity index (χ4v) is 6.07. The van der Waals surface area contributed by atoms with E-state index in [0.29, 0.717) is 17.6 Å². The number of aromatic hydroxyl groups is 1. The molecule has 0 fully saturated rings. The van der Waals surface area contributed by atoms with E-state index in [9.17, 15) is 26.7 Å². The smallest absolute Gasteiger partial charge is 0.298 e. The van der Waals surface area contributed by atoms with Crippen LogP contribution in [-0.2, 0) is 42.9 Å². The van der Waals surface area contributed by atoms with Crippen LogP contribution in [0.15, 0.2) is 91.6 Å². The number of fused-ring (bicyclic) bond motifs is 1. The molecule has 4 aromatic rings. The summed E-state index contributed by atoms with van der Waals surface area (Å²) in [7, 11) is -5.31. The van der Waals surface area contributed by atoms with Gasteiger partial charge in [0.1, 0.15) is 16.3 Å². The maximum Gasteiger partial charge on any atom is 0.298 e. The van der Waals surface area contributed by atoms with E-state index in [1.807, 2.05) is 0 Å². The highest BCUT2D eigenvalue weighted by Crippen LogP contribution is 2.47. The van der Waals surface area contributed by atoms with Crippen LogP contribution in [-0.4, -0.2) is 49.2 Å². The second-order valence-electron chi connectivity index (χ2n) is 8.76. The van der Waals surface area contributed by atoms with E-state index in [-0.39, 0.29) is 48.1 Å². The van der Waals surface area contributed by atoms with E-state index in [1.165, 1.54) is 31.4 Å². The van der Waals surface area contributed by atoms with Crippen molar-refractivity contribution in [3.8, 4) is 5.75 Å². The average Bonchev–Trinajstić information content (AvgIpc) is 3.01. The molecule has 2 N–H and O–H groups in total. The van der Waals surface area contributed by atoms with Crippen LogP contribution in [0.1, 0.15) is 15.9 Å². The highest BCUT2D eigenvalue weighted by molar-refractivity contribution is 7.94. The lowest BCUT2D eigenvalue weighted by atomic mass is 10.1. The Bertz CT molecular complexity index is 1950. The predicted octanol–water partition coefficient (Wildman–Crippen LogP) is 5.71. The molecule has 0 saturated carbocycles. The molecule has 0 unspecified atom stereocenters. The number of benzene rings is 4. The zero-order valence-corrected chi connectivity index (χ0v) is 25.9. The number of anilines is 1. The molecular formula is C27H25N3O11S3. The number of hydrogen-bond donors (Lipinski definition) is 2. The average molecular weight is 664 g/mol. The van der Waals surface area contributed by atoms with Gasteiger partial charge in [0.25, 0.3) is 26.1 Å². The molecule has 14 nitrogen and oxygen atoms in total. The predicted molar refractivity (Wildman–Crippen MR) is 159 cm³/mol. The van der Waals surface area contributed by atoms with Crippen LogP contribution >= 0.6 is 12.0 Å². The maximum atomic E-state index is 13.1.